The molecule has 4 heteroatoms. The van der Waals surface area contributed by atoms with Crippen molar-refractivity contribution in [2.75, 3.05) is 13.1 Å². The Balaban J connectivity index is 2.47. The Labute approximate surface area is 93.6 Å². The third-order valence-electron chi connectivity index (χ3n) is 1.89. The fourth-order valence-electron chi connectivity index (χ4n) is 1.17. The number of hydrogen-bond acceptors (Lipinski definition) is 2. The monoisotopic (exact) mass is 225 g/mol. The molecule has 0 saturated carbocycles. The van der Waals surface area contributed by atoms with Crippen molar-refractivity contribution in [3.05, 3.63) is 29.8 Å². The van der Waals surface area contributed by atoms with Crippen molar-refractivity contribution in [3.63, 3.8) is 0 Å². The van der Waals surface area contributed by atoms with Gasteiger partial charge in [0.05, 0.1) is 6.54 Å². The second-order valence-electron chi connectivity index (χ2n) is 3.34. The van der Waals surface area contributed by atoms with E-state index in [1.165, 1.54) is 6.07 Å². The van der Waals surface area contributed by atoms with Gasteiger partial charge in [-0.2, -0.15) is 0 Å². The van der Waals surface area contributed by atoms with Crippen LogP contribution in [-0.4, -0.2) is 19.2 Å². The van der Waals surface area contributed by atoms with Gasteiger partial charge in [0.25, 0.3) is 0 Å². The Hall–Kier alpha value is -1.60. The highest BCUT2D eigenvalue weighted by atomic mass is 19.2. The first-order chi connectivity index (χ1) is 7.63. The summed E-state index contributed by atoms with van der Waals surface area (Å²) >= 11 is 0. The molecule has 1 rings (SSSR count). The SMILES string of the molecule is C#CCNCC(C)Oc1ccc(F)c(F)c1. The summed E-state index contributed by atoms with van der Waals surface area (Å²) in [4.78, 5) is 0. The quantitative estimate of drug-likeness (QED) is 0.611. The highest BCUT2D eigenvalue weighted by molar-refractivity contribution is 5.23. The van der Waals surface area contributed by atoms with Crippen LogP contribution >= 0.6 is 0 Å². The minimum Gasteiger partial charge on any atom is -0.489 e. The van der Waals surface area contributed by atoms with Crippen molar-refractivity contribution in [1.82, 2.24) is 5.32 Å². The standard InChI is InChI=1S/C12H13F2NO/c1-3-6-15-8-9(2)16-10-4-5-11(13)12(14)7-10/h1,4-5,7,9,15H,6,8H2,2H3. The molecule has 0 aliphatic carbocycles. The van der Waals surface area contributed by atoms with Crippen LogP contribution < -0.4 is 10.1 Å². The second kappa shape index (κ2) is 6.09. The van der Waals surface area contributed by atoms with Gasteiger partial charge in [-0.1, -0.05) is 5.92 Å². The number of rotatable bonds is 5. The Morgan fingerprint density at radius 1 is 1.44 bits per heavy atom. The summed E-state index contributed by atoms with van der Waals surface area (Å²) < 4.78 is 30.8. The third kappa shape index (κ3) is 3.87. The topological polar surface area (TPSA) is 21.3 Å². The fourth-order valence-corrected chi connectivity index (χ4v) is 1.17. The third-order valence-corrected chi connectivity index (χ3v) is 1.89. The van der Waals surface area contributed by atoms with Gasteiger partial charge in [-0.15, -0.1) is 6.42 Å². The maximum absolute atomic E-state index is 12.8. The minimum absolute atomic E-state index is 0.168. The molecular weight excluding hydrogens is 212 g/mol. The molecule has 0 fully saturated rings. The van der Waals surface area contributed by atoms with Crippen LogP contribution in [0.1, 0.15) is 6.92 Å². The van der Waals surface area contributed by atoms with Gasteiger partial charge in [0, 0.05) is 12.6 Å². The zero-order valence-electron chi connectivity index (χ0n) is 8.97. The first kappa shape index (κ1) is 12.5. The molecule has 0 bridgehead atoms. The maximum Gasteiger partial charge on any atom is 0.162 e. The van der Waals surface area contributed by atoms with E-state index in [2.05, 4.69) is 11.2 Å². The first-order valence-corrected chi connectivity index (χ1v) is 4.89. The van der Waals surface area contributed by atoms with Crippen LogP contribution in [0.4, 0.5) is 8.78 Å². The molecule has 0 aliphatic heterocycles. The van der Waals surface area contributed by atoms with Crippen molar-refractivity contribution in [3.8, 4) is 18.1 Å². The minimum atomic E-state index is -0.915. The summed E-state index contributed by atoms with van der Waals surface area (Å²) in [6, 6.07) is 3.44. The predicted octanol–water partition coefficient (Wildman–Crippen LogP) is 1.95. The molecule has 16 heavy (non-hydrogen) atoms. The van der Waals surface area contributed by atoms with Crippen molar-refractivity contribution in [1.29, 1.82) is 0 Å². The Morgan fingerprint density at radius 3 is 2.81 bits per heavy atom. The Morgan fingerprint density at radius 2 is 2.19 bits per heavy atom. The van der Waals surface area contributed by atoms with Crippen molar-refractivity contribution in [2.45, 2.75) is 13.0 Å². The van der Waals surface area contributed by atoms with E-state index < -0.39 is 11.6 Å². The van der Waals surface area contributed by atoms with Gasteiger partial charge in [0.1, 0.15) is 11.9 Å². The average molecular weight is 225 g/mol. The van der Waals surface area contributed by atoms with E-state index in [4.69, 9.17) is 11.2 Å². The van der Waals surface area contributed by atoms with Crippen LogP contribution in [0.15, 0.2) is 18.2 Å². The van der Waals surface area contributed by atoms with E-state index in [1.807, 2.05) is 6.92 Å². The number of terminal acetylenes is 1. The molecule has 0 heterocycles. The largest absolute Gasteiger partial charge is 0.489 e. The van der Waals surface area contributed by atoms with Crippen molar-refractivity contribution in [2.24, 2.45) is 0 Å². The molecule has 1 N–H and O–H groups in total. The van der Waals surface area contributed by atoms with Gasteiger partial charge in [0.15, 0.2) is 11.6 Å². The molecule has 2 nitrogen and oxygen atoms in total. The van der Waals surface area contributed by atoms with Crippen molar-refractivity contribution >= 4 is 0 Å². The van der Waals surface area contributed by atoms with E-state index >= 15 is 0 Å². The van der Waals surface area contributed by atoms with Crippen LogP contribution in [0.2, 0.25) is 0 Å². The maximum atomic E-state index is 12.8. The van der Waals surface area contributed by atoms with Gasteiger partial charge >= 0.3 is 0 Å². The lowest BCUT2D eigenvalue weighted by molar-refractivity contribution is 0.218. The van der Waals surface area contributed by atoms with Crippen LogP contribution in [0.5, 0.6) is 5.75 Å². The zero-order chi connectivity index (χ0) is 12.0. The highest BCUT2D eigenvalue weighted by Crippen LogP contribution is 2.16. The number of halogens is 2. The van der Waals surface area contributed by atoms with Crippen LogP contribution in [0.25, 0.3) is 0 Å². The summed E-state index contributed by atoms with van der Waals surface area (Å²) in [5.74, 6) is 0.928. The van der Waals surface area contributed by atoms with Crippen molar-refractivity contribution < 1.29 is 13.5 Å². The predicted molar refractivity (Wildman–Crippen MR) is 58.2 cm³/mol. The van der Waals surface area contributed by atoms with E-state index in [-0.39, 0.29) is 6.10 Å². The van der Waals surface area contributed by atoms with Crippen LogP contribution in [0.3, 0.4) is 0 Å². The number of hydrogen-bond donors (Lipinski definition) is 1. The molecule has 0 aromatic heterocycles. The zero-order valence-corrected chi connectivity index (χ0v) is 8.97. The molecule has 1 atom stereocenters. The number of ether oxygens (including phenoxy) is 1. The van der Waals surface area contributed by atoms with E-state index in [1.54, 1.807) is 0 Å². The lowest BCUT2D eigenvalue weighted by atomic mass is 10.3. The molecular formula is C12H13F2NO. The number of nitrogens with one attached hydrogen (secondary N) is 1. The lowest BCUT2D eigenvalue weighted by Crippen LogP contribution is -2.29. The number of benzene rings is 1. The molecule has 0 spiro atoms. The van der Waals surface area contributed by atoms with Gasteiger partial charge in [0.2, 0.25) is 0 Å². The van der Waals surface area contributed by atoms with Crippen LogP contribution in [0, 0.1) is 24.0 Å². The molecule has 1 aromatic carbocycles. The van der Waals surface area contributed by atoms with Gasteiger partial charge < -0.3 is 10.1 Å². The molecule has 0 saturated heterocycles. The van der Waals surface area contributed by atoms with Crippen LogP contribution in [-0.2, 0) is 0 Å². The van der Waals surface area contributed by atoms with Gasteiger partial charge in [-0.3, -0.25) is 0 Å². The fraction of sp³-hybridized carbons (Fsp3) is 0.333. The van der Waals surface area contributed by atoms with Gasteiger partial charge in [-0.25, -0.2) is 8.78 Å². The summed E-state index contributed by atoms with van der Waals surface area (Å²) in [6.45, 7) is 2.81. The molecule has 1 aromatic rings. The van der Waals surface area contributed by atoms with E-state index in [9.17, 15) is 8.78 Å². The Kier molecular flexibility index (Phi) is 4.74. The molecule has 0 radical (unpaired) electrons. The molecule has 1 unspecified atom stereocenters. The highest BCUT2D eigenvalue weighted by Gasteiger charge is 2.06. The van der Waals surface area contributed by atoms with E-state index in [0.29, 0.717) is 18.8 Å². The van der Waals surface area contributed by atoms with Gasteiger partial charge in [-0.05, 0) is 19.1 Å². The second-order valence-corrected chi connectivity index (χ2v) is 3.34. The smallest absolute Gasteiger partial charge is 0.162 e. The first-order valence-electron chi connectivity index (χ1n) is 4.89. The van der Waals surface area contributed by atoms with E-state index in [0.717, 1.165) is 12.1 Å². The summed E-state index contributed by atoms with van der Waals surface area (Å²) in [6.07, 6.45) is 4.89. The summed E-state index contributed by atoms with van der Waals surface area (Å²) in [5.41, 5.74) is 0. The Bertz CT molecular complexity index is 387. The summed E-state index contributed by atoms with van der Waals surface area (Å²) in [7, 11) is 0. The molecule has 0 amide bonds. The average Bonchev–Trinajstić information content (AvgIpc) is 2.24. The summed E-state index contributed by atoms with van der Waals surface area (Å²) in [5, 5.41) is 2.95. The normalized spacial score (nSPS) is 11.9. The molecule has 0 aliphatic rings. The lowest BCUT2D eigenvalue weighted by Gasteiger charge is -2.14. The molecule has 86 valence electrons.